The molecule has 2 fully saturated rings. The third kappa shape index (κ3) is 5.13. The summed E-state index contributed by atoms with van der Waals surface area (Å²) in [6, 6.07) is 10.0. The highest BCUT2D eigenvalue weighted by Crippen LogP contribution is 2.39. The van der Waals surface area contributed by atoms with E-state index in [9.17, 15) is 14.0 Å². The standard InChI is InChI=1S/C29H25FN6O2/c1-16-8-23(30)26(35-29(38)19-6-7-32-24(10-19)17-2-3-17)11-22(16)20-9-21(14-31-13-20)25-12-27(34-15-33-25)36-28(37)18-4-5-18/h6-15,17-18H,2-5H2,1H3,(H,35,38)(H,33,34,36,37). The zero-order valence-electron chi connectivity index (χ0n) is 20.7. The Balaban J connectivity index is 1.26. The Morgan fingerprint density at radius 1 is 0.921 bits per heavy atom. The summed E-state index contributed by atoms with van der Waals surface area (Å²) in [6.07, 6.45) is 10.3. The average molecular weight is 509 g/mol. The van der Waals surface area contributed by atoms with Gasteiger partial charge in [0.05, 0.1) is 11.4 Å². The lowest BCUT2D eigenvalue weighted by atomic mass is 9.99. The fourth-order valence-corrected chi connectivity index (χ4v) is 4.35. The number of aryl methyl sites for hydroxylation is 1. The van der Waals surface area contributed by atoms with E-state index in [4.69, 9.17) is 0 Å². The number of hydrogen-bond acceptors (Lipinski definition) is 6. The van der Waals surface area contributed by atoms with Crippen molar-refractivity contribution in [2.24, 2.45) is 5.92 Å². The predicted molar refractivity (Wildman–Crippen MR) is 141 cm³/mol. The van der Waals surface area contributed by atoms with Crippen molar-refractivity contribution in [1.29, 1.82) is 0 Å². The smallest absolute Gasteiger partial charge is 0.255 e. The van der Waals surface area contributed by atoms with Crippen molar-refractivity contribution >= 4 is 23.3 Å². The van der Waals surface area contributed by atoms with Gasteiger partial charge in [0, 0.05) is 58.9 Å². The summed E-state index contributed by atoms with van der Waals surface area (Å²) in [7, 11) is 0. The van der Waals surface area contributed by atoms with Crippen molar-refractivity contribution < 1.29 is 14.0 Å². The van der Waals surface area contributed by atoms with Gasteiger partial charge in [0.15, 0.2) is 0 Å². The minimum absolute atomic E-state index is 0.0337. The van der Waals surface area contributed by atoms with E-state index in [1.165, 1.54) is 12.4 Å². The number of hydrogen-bond donors (Lipinski definition) is 2. The molecule has 0 unspecified atom stereocenters. The Kier molecular flexibility index (Phi) is 6.11. The average Bonchev–Trinajstić information content (AvgIpc) is 3.83. The van der Waals surface area contributed by atoms with Crippen LogP contribution < -0.4 is 10.6 Å². The molecule has 0 bridgehead atoms. The van der Waals surface area contributed by atoms with E-state index in [1.54, 1.807) is 49.8 Å². The lowest BCUT2D eigenvalue weighted by molar-refractivity contribution is -0.117. The highest BCUT2D eigenvalue weighted by atomic mass is 19.1. The SMILES string of the molecule is Cc1cc(F)c(NC(=O)c2ccnc(C3CC3)c2)cc1-c1cncc(-c2cc(NC(=O)C3CC3)ncn2)c1. The van der Waals surface area contributed by atoms with E-state index in [-0.39, 0.29) is 17.5 Å². The normalized spacial score (nSPS) is 14.7. The molecule has 0 spiro atoms. The molecule has 0 radical (unpaired) electrons. The van der Waals surface area contributed by atoms with Crippen LogP contribution in [0.1, 0.15) is 53.2 Å². The second-order valence-corrected chi connectivity index (χ2v) is 9.86. The van der Waals surface area contributed by atoms with Gasteiger partial charge in [-0.15, -0.1) is 0 Å². The maximum absolute atomic E-state index is 14.9. The van der Waals surface area contributed by atoms with E-state index < -0.39 is 11.7 Å². The molecule has 0 atom stereocenters. The van der Waals surface area contributed by atoms with Gasteiger partial charge in [0.2, 0.25) is 5.91 Å². The van der Waals surface area contributed by atoms with Crippen LogP contribution in [0.3, 0.4) is 0 Å². The summed E-state index contributed by atoms with van der Waals surface area (Å²) >= 11 is 0. The Morgan fingerprint density at radius 3 is 2.53 bits per heavy atom. The molecule has 0 aliphatic heterocycles. The van der Waals surface area contributed by atoms with E-state index >= 15 is 0 Å². The van der Waals surface area contributed by atoms with Gasteiger partial charge in [-0.3, -0.25) is 19.6 Å². The van der Waals surface area contributed by atoms with Crippen LogP contribution in [0.25, 0.3) is 22.4 Å². The fraction of sp³-hybridized carbons (Fsp3) is 0.241. The molecule has 9 heteroatoms. The molecule has 2 aliphatic carbocycles. The first kappa shape index (κ1) is 23.8. The van der Waals surface area contributed by atoms with Gasteiger partial charge >= 0.3 is 0 Å². The Hall–Kier alpha value is -4.53. The molecular weight excluding hydrogens is 483 g/mol. The quantitative estimate of drug-likeness (QED) is 0.340. The molecule has 0 saturated heterocycles. The molecule has 2 N–H and O–H groups in total. The molecule has 190 valence electrons. The summed E-state index contributed by atoms with van der Waals surface area (Å²) in [5.74, 6) is -0.0440. The summed E-state index contributed by atoms with van der Waals surface area (Å²) in [4.78, 5) is 42.3. The van der Waals surface area contributed by atoms with Gasteiger partial charge in [0.25, 0.3) is 5.91 Å². The molecule has 4 aromatic rings. The molecular formula is C29H25FN6O2. The lowest BCUT2D eigenvalue weighted by Gasteiger charge is -2.13. The Labute approximate surface area is 218 Å². The second kappa shape index (κ2) is 9.74. The summed E-state index contributed by atoms with van der Waals surface area (Å²) < 4.78 is 14.9. The van der Waals surface area contributed by atoms with Crippen molar-refractivity contribution in [2.45, 2.75) is 38.5 Å². The van der Waals surface area contributed by atoms with Crippen LogP contribution in [-0.2, 0) is 4.79 Å². The van der Waals surface area contributed by atoms with Gasteiger partial charge in [-0.05, 0) is 74.1 Å². The van der Waals surface area contributed by atoms with Crippen molar-refractivity contribution in [2.75, 3.05) is 10.6 Å². The minimum atomic E-state index is -0.521. The number of rotatable bonds is 7. The van der Waals surface area contributed by atoms with Gasteiger partial charge < -0.3 is 10.6 Å². The number of carbonyl (C=O) groups excluding carboxylic acids is 2. The maximum atomic E-state index is 14.9. The van der Waals surface area contributed by atoms with E-state index in [2.05, 4.69) is 30.6 Å². The number of nitrogens with zero attached hydrogens (tertiary/aromatic N) is 4. The van der Waals surface area contributed by atoms with Crippen molar-refractivity contribution in [3.63, 3.8) is 0 Å². The number of aromatic nitrogens is 4. The fourth-order valence-electron chi connectivity index (χ4n) is 4.35. The van der Waals surface area contributed by atoms with Gasteiger partial charge in [0.1, 0.15) is 18.0 Å². The number of carbonyl (C=O) groups is 2. The van der Waals surface area contributed by atoms with Crippen molar-refractivity contribution in [1.82, 2.24) is 19.9 Å². The molecule has 6 rings (SSSR count). The molecule has 38 heavy (non-hydrogen) atoms. The molecule has 3 aromatic heterocycles. The summed E-state index contributed by atoms with van der Waals surface area (Å²) in [6.45, 7) is 1.80. The van der Waals surface area contributed by atoms with E-state index in [0.717, 1.165) is 42.5 Å². The van der Waals surface area contributed by atoms with Crippen molar-refractivity contribution in [3.05, 3.63) is 84.0 Å². The third-order valence-corrected chi connectivity index (χ3v) is 6.81. The molecule has 8 nitrogen and oxygen atoms in total. The number of anilines is 2. The zero-order valence-corrected chi connectivity index (χ0v) is 20.7. The molecule has 3 heterocycles. The minimum Gasteiger partial charge on any atom is -0.319 e. The van der Waals surface area contributed by atoms with Crippen molar-refractivity contribution in [3.8, 4) is 22.4 Å². The highest BCUT2D eigenvalue weighted by Gasteiger charge is 2.30. The zero-order chi connectivity index (χ0) is 26.2. The third-order valence-electron chi connectivity index (χ3n) is 6.81. The molecule has 2 aliphatic rings. The van der Waals surface area contributed by atoms with E-state index in [0.29, 0.717) is 34.1 Å². The number of pyridine rings is 2. The van der Waals surface area contributed by atoms with Crippen LogP contribution in [0, 0.1) is 18.7 Å². The molecule has 1 aromatic carbocycles. The van der Waals surface area contributed by atoms with Gasteiger partial charge in [-0.1, -0.05) is 0 Å². The maximum Gasteiger partial charge on any atom is 0.255 e. The number of amides is 2. The van der Waals surface area contributed by atoms with Crippen LogP contribution in [0.2, 0.25) is 0 Å². The lowest BCUT2D eigenvalue weighted by Crippen LogP contribution is -2.14. The van der Waals surface area contributed by atoms with Crippen LogP contribution in [0.4, 0.5) is 15.9 Å². The number of nitrogens with one attached hydrogen (secondary N) is 2. The largest absolute Gasteiger partial charge is 0.319 e. The monoisotopic (exact) mass is 508 g/mol. The van der Waals surface area contributed by atoms with Crippen LogP contribution in [0.15, 0.2) is 61.3 Å². The van der Waals surface area contributed by atoms with Crippen LogP contribution in [-0.4, -0.2) is 31.8 Å². The Morgan fingerprint density at radius 2 is 1.74 bits per heavy atom. The number of halogens is 1. The Bertz CT molecular complexity index is 1560. The molecule has 2 amide bonds. The topological polar surface area (TPSA) is 110 Å². The first-order chi connectivity index (χ1) is 18.4. The summed E-state index contributed by atoms with van der Waals surface area (Å²) in [5.41, 5.74) is 4.88. The van der Waals surface area contributed by atoms with Crippen LogP contribution >= 0.6 is 0 Å². The first-order valence-corrected chi connectivity index (χ1v) is 12.6. The van der Waals surface area contributed by atoms with Gasteiger partial charge in [-0.25, -0.2) is 14.4 Å². The van der Waals surface area contributed by atoms with E-state index in [1.807, 2.05) is 6.07 Å². The highest BCUT2D eigenvalue weighted by molar-refractivity contribution is 6.04. The summed E-state index contributed by atoms with van der Waals surface area (Å²) in [5, 5.41) is 5.55. The molecule has 2 saturated carbocycles. The number of benzene rings is 1. The second-order valence-electron chi connectivity index (χ2n) is 9.86. The predicted octanol–water partition coefficient (Wildman–Crippen LogP) is 5.53. The van der Waals surface area contributed by atoms with Crippen LogP contribution in [0.5, 0.6) is 0 Å². The first-order valence-electron chi connectivity index (χ1n) is 12.6. The van der Waals surface area contributed by atoms with Gasteiger partial charge in [-0.2, -0.15) is 0 Å².